The van der Waals surface area contributed by atoms with Gasteiger partial charge in [0, 0.05) is 7.05 Å². The van der Waals surface area contributed by atoms with Gasteiger partial charge in [0.15, 0.2) is 0 Å². The lowest BCUT2D eigenvalue weighted by molar-refractivity contribution is -0.138. The molecule has 0 aromatic carbocycles. The van der Waals surface area contributed by atoms with Crippen molar-refractivity contribution in [2.75, 3.05) is 0 Å². The van der Waals surface area contributed by atoms with Gasteiger partial charge in [0.1, 0.15) is 16.4 Å². The molecular formula is C5H3BrF3N2. The van der Waals surface area contributed by atoms with Gasteiger partial charge in [-0.05, 0) is 15.9 Å². The molecule has 1 aromatic rings. The molecule has 0 aliphatic carbocycles. The molecule has 0 fully saturated rings. The zero-order valence-electron chi connectivity index (χ0n) is 5.41. The highest BCUT2D eigenvalue weighted by atomic mass is 79.9. The Kier molecular flexibility index (Phi) is 1.96. The predicted octanol–water partition coefficient (Wildman–Crippen LogP) is 2.00. The van der Waals surface area contributed by atoms with Gasteiger partial charge in [0.05, 0.1) is 0 Å². The average Bonchev–Trinajstić information content (AvgIpc) is 2.11. The van der Waals surface area contributed by atoms with Crippen LogP contribution in [0.5, 0.6) is 0 Å². The maximum absolute atomic E-state index is 11.9. The summed E-state index contributed by atoms with van der Waals surface area (Å²) in [4.78, 5) is 0. The summed E-state index contributed by atoms with van der Waals surface area (Å²) < 4.78 is 36.8. The smallest absolute Gasteiger partial charge is 0.260 e. The van der Waals surface area contributed by atoms with Crippen LogP contribution in [0.15, 0.2) is 4.60 Å². The van der Waals surface area contributed by atoms with Crippen molar-refractivity contribution in [2.45, 2.75) is 6.18 Å². The summed E-state index contributed by atoms with van der Waals surface area (Å²) in [5, 5.41) is 3.31. The monoisotopic (exact) mass is 227 g/mol. The summed E-state index contributed by atoms with van der Waals surface area (Å²) in [6, 6.07) is 0. The Balaban J connectivity index is 3.15. The number of aryl methyl sites for hydroxylation is 1. The lowest BCUT2D eigenvalue weighted by atomic mass is 10.4. The fraction of sp³-hybridized carbons (Fsp3) is 0.400. The van der Waals surface area contributed by atoms with E-state index in [1.807, 2.05) is 6.20 Å². The van der Waals surface area contributed by atoms with Gasteiger partial charge in [-0.15, -0.1) is 0 Å². The number of nitrogens with zero attached hydrogens (tertiary/aromatic N) is 2. The number of aromatic nitrogens is 2. The maximum atomic E-state index is 11.9. The first-order chi connectivity index (χ1) is 4.93. The molecule has 11 heavy (non-hydrogen) atoms. The molecule has 0 N–H and O–H groups in total. The zero-order valence-corrected chi connectivity index (χ0v) is 6.99. The molecule has 2 nitrogen and oxygen atoms in total. The van der Waals surface area contributed by atoms with E-state index in [0.29, 0.717) is 0 Å². The van der Waals surface area contributed by atoms with Gasteiger partial charge in [-0.3, -0.25) is 4.68 Å². The lowest BCUT2D eigenvalue weighted by Gasteiger charge is -2.02. The molecule has 0 aliphatic heterocycles. The molecule has 1 heterocycles. The molecular weight excluding hydrogens is 225 g/mol. The molecule has 0 aliphatic rings. The van der Waals surface area contributed by atoms with Gasteiger partial charge in [0.25, 0.3) is 0 Å². The van der Waals surface area contributed by atoms with Crippen LogP contribution in [0.3, 0.4) is 0 Å². The van der Waals surface area contributed by atoms with E-state index < -0.39 is 11.7 Å². The summed E-state index contributed by atoms with van der Waals surface area (Å²) in [6.45, 7) is 0. The van der Waals surface area contributed by atoms with E-state index in [1.54, 1.807) is 0 Å². The SMILES string of the molecule is Cn1n[c]c(C(F)(F)F)c1Br. The molecule has 0 unspecified atom stereocenters. The van der Waals surface area contributed by atoms with Gasteiger partial charge < -0.3 is 0 Å². The fourth-order valence-electron chi connectivity index (χ4n) is 0.557. The second kappa shape index (κ2) is 2.51. The minimum atomic E-state index is -4.38. The van der Waals surface area contributed by atoms with E-state index in [9.17, 15) is 13.2 Å². The topological polar surface area (TPSA) is 17.8 Å². The van der Waals surface area contributed by atoms with Gasteiger partial charge >= 0.3 is 6.18 Å². The lowest BCUT2D eigenvalue weighted by Crippen LogP contribution is -2.04. The highest BCUT2D eigenvalue weighted by Gasteiger charge is 2.35. The van der Waals surface area contributed by atoms with Crippen molar-refractivity contribution >= 4 is 15.9 Å². The van der Waals surface area contributed by atoms with Crippen LogP contribution in [0, 0.1) is 6.20 Å². The van der Waals surface area contributed by atoms with Crippen molar-refractivity contribution in [3.8, 4) is 0 Å². The molecule has 1 aromatic heterocycles. The Morgan fingerprint density at radius 1 is 1.55 bits per heavy atom. The first-order valence-corrected chi connectivity index (χ1v) is 3.39. The number of halogens is 4. The van der Waals surface area contributed by atoms with Crippen molar-refractivity contribution in [2.24, 2.45) is 7.05 Å². The quantitative estimate of drug-likeness (QED) is 0.663. The van der Waals surface area contributed by atoms with E-state index >= 15 is 0 Å². The van der Waals surface area contributed by atoms with E-state index in [2.05, 4.69) is 21.0 Å². The molecule has 0 bridgehead atoms. The molecule has 0 spiro atoms. The summed E-state index contributed by atoms with van der Waals surface area (Å²) in [5.41, 5.74) is -0.875. The van der Waals surface area contributed by atoms with E-state index in [1.165, 1.54) is 7.05 Å². The van der Waals surface area contributed by atoms with Crippen LogP contribution >= 0.6 is 15.9 Å². The fourth-order valence-corrected chi connectivity index (χ4v) is 0.950. The number of hydrogen-bond donors (Lipinski definition) is 0. The molecule has 0 saturated carbocycles. The van der Waals surface area contributed by atoms with Crippen molar-refractivity contribution in [3.05, 3.63) is 16.4 Å². The Bertz CT molecular complexity index is 265. The standard InChI is InChI=1S/C5H3BrF3N2/c1-11-4(6)3(2-10-11)5(7,8)9/h1H3. The van der Waals surface area contributed by atoms with Gasteiger partial charge in [-0.1, -0.05) is 0 Å². The van der Waals surface area contributed by atoms with Crippen LogP contribution in [-0.4, -0.2) is 9.78 Å². The third-order valence-corrected chi connectivity index (χ3v) is 2.00. The number of rotatable bonds is 0. The average molecular weight is 228 g/mol. The van der Waals surface area contributed by atoms with Crippen molar-refractivity contribution < 1.29 is 13.2 Å². The van der Waals surface area contributed by atoms with Crippen molar-refractivity contribution in [1.29, 1.82) is 0 Å². The summed E-state index contributed by atoms with van der Waals surface area (Å²) in [7, 11) is 1.40. The second-order valence-electron chi connectivity index (χ2n) is 1.90. The molecule has 6 heteroatoms. The summed E-state index contributed by atoms with van der Waals surface area (Å²) in [6.07, 6.45) is -2.53. The van der Waals surface area contributed by atoms with Gasteiger partial charge in [-0.2, -0.15) is 18.3 Å². The third-order valence-electron chi connectivity index (χ3n) is 1.09. The molecule has 0 atom stereocenters. The molecule has 1 rings (SSSR count). The first-order valence-electron chi connectivity index (χ1n) is 2.60. The van der Waals surface area contributed by atoms with E-state index in [-0.39, 0.29) is 4.60 Å². The highest BCUT2D eigenvalue weighted by Crippen LogP contribution is 2.33. The molecule has 61 valence electrons. The largest absolute Gasteiger partial charge is 0.421 e. The Labute approximate surface area is 69.1 Å². The number of hydrogen-bond acceptors (Lipinski definition) is 1. The third kappa shape index (κ3) is 1.55. The van der Waals surface area contributed by atoms with Crippen LogP contribution in [0.25, 0.3) is 0 Å². The first kappa shape index (κ1) is 8.58. The Morgan fingerprint density at radius 2 is 2.09 bits per heavy atom. The minimum absolute atomic E-state index is 0.106. The predicted molar refractivity (Wildman–Crippen MR) is 34.7 cm³/mol. The van der Waals surface area contributed by atoms with Crippen LogP contribution in [0.4, 0.5) is 13.2 Å². The van der Waals surface area contributed by atoms with Crippen LogP contribution in [0.2, 0.25) is 0 Å². The molecule has 0 amide bonds. The molecule has 0 saturated heterocycles. The van der Waals surface area contributed by atoms with Crippen LogP contribution in [-0.2, 0) is 13.2 Å². The Morgan fingerprint density at radius 3 is 2.27 bits per heavy atom. The van der Waals surface area contributed by atoms with Crippen LogP contribution < -0.4 is 0 Å². The maximum Gasteiger partial charge on any atom is 0.421 e. The normalized spacial score (nSPS) is 12.1. The minimum Gasteiger partial charge on any atom is -0.260 e. The van der Waals surface area contributed by atoms with Crippen LogP contribution in [0.1, 0.15) is 5.56 Å². The van der Waals surface area contributed by atoms with Gasteiger partial charge in [0.2, 0.25) is 0 Å². The van der Waals surface area contributed by atoms with E-state index in [0.717, 1.165) is 4.68 Å². The summed E-state index contributed by atoms with van der Waals surface area (Å²) >= 11 is 2.74. The van der Waals surface area contributed by atoms with E-state index in [4.69, 9.17) is 0 Å². The molecule has 1 radical (unpaired) electrons. The van der Waals surface area contributed by atoms with Crippen molar-refractivity contribution in [1.82, 2.24) is 9.78 Å². The van der Waals surface area contributed by atoms with Crippen molar-refractivity contribution in [3.63, 3.8) is 0 Å². The zero-order chi connectivity index (χ0) is 8.65. The Hall–Kier alpha value is -0.520. The number of alkyl halides is 3. The highest BCUT2D eigenvalue weighted by molar-refractivity contribution is 9.10. The second-order valence-corrected chi connectivity index (χ2v) is 2.65. The summed E-state index contributed by atoms with van der Waals surface area (Å²) in [5.74, 6) is 0. The van der Waals surface area contributed by atoms with Gasteiger partial charge in [-0.25, -0.2) is 0 Å².